The number of aliphatic hydroxyl groups is 2. The topological polar surface area (TPSA) is 111 Å². The molecule has 34 heavy (non-hydrogen) atoms. The Bertz CT molecular complexity index is 1250. The van der Waals surface area contributed by atoms with Crippen LogP contribution in [0.25, 0.3) is 22.0 Å². The summed E-state index contributed by atoms with van der Waals surface area (Å²) < 4.78 is 0. The number of fused-ring (bicyclic) bond motifs is 2. The van der Waals surface area contributed by atoms with E-state index in [0.717, 1.165) is 41.2 Å². The normalized spacial score (nSPS) is 30.3. The van der Waals surface area contributed by atoms with Crippen LogP contribution in [0.5, 0.6) is 0 Å². The molecular formula is C25H27N5O3S. The average molecular weight is 478 g/mol. The highest BCUT2D eigenvalue weighted by atomic mass is 32.1. The third kappa shape index (κ3) is 3.59. The van der Waals surface area contributed by atoms with Gasteiger partial charge in [0.05, 0.1) is 11.8 Å². The van der Waals surface area contributed by atoms with Gasteiger partial charge >= 0.3 is 0 Å². The molecular weight excluding hydrogens is 450 g/mol. The minimum absolute atomic E-state index is 0.209. The van der Waals surface area contributed by atoms with Crippen molar-refractivity contribution >= 4 is 23.2 Å². The standard InChI is InChI=1S/C25H27N5O3S/c1-30-8-6-25(33,23(30)32)16-4-2-3-15(12-16)22-27-20(13-34-22)18-5-7-26-24(28-18)29-19-10-14-9-17(19)21(31)11-14/h2-5,7,12-14,17,19,21,31,33H,6,8-11H2,1H3,(H,26,28,29)/t14?,17?,19?,21?,25-/m1/s1. The molecule has 3 heterocycles. The van der Waals surface area contributed by atoms with Crippen LogP contribution < -0.4 is 5.32 Å². The fourth-order valence-corrected chi connectivity index (χ4v) is 6.58. The second-order valence-electron chi connectivity index (χ2n) is 9.78. The van der Waals surface area contributed by atoms with E-state index in [1.165, 1.54) is 11.3 Å². The van der Waals surface area contributed by atoms with Gasteiger partial charge in [0, 0.05) is 49.1 Å². The lowest BCUT2D eigenvalue weighted by Gasteiger charge is -2.26. The van der Waals surface area contributed by atoms with Gasteiger partial charge in [-0.2, -0.15) is 0 Å². The first kappa shape index (κ1) is 21.6. The molecule has 176 valence electrons. The number of benzene rings is 1. The first-order valence-corrected chi connectivity index (χ1v) is 12.6. The molecule has 2 saturated carbocycles. The number of aliphatic hydroxyl groups excluding tert-OH is 1. The molecule has 3 N–H and O–H groups in total. The van der Waals surface area contributed by atoms with Gasteiger partial charge in [0.2, 0.25) is 5.95 Å². The van der Waals surface area contributed by atoms with Gasteiger partial charge in [0.1, 0.15) is 10.7 Å². The lowest BCUT2D eigenvalue weighted by molar-refractivity contribution is -0.143. The summed E-state index contributed by atoms with van der Waals surface area (Å²) in [6.45, 7) is 0.534. The Morgan fingerprint density at radius 1 is 1.18 bits per heavy atom. The molecule has 3 aromatic rings. The molecule has 9 heteroatoms. The second-order valence-corrected chi connectivity index (χ2v) is 10.6. The van der Waals surface area contributed by atoms with Gasteiger partial charge in [-0.1, -0.05) is 18.2 Å². The van der Waals surface area contributed by atoms with Crippen LogP contribution in [0.1, 0.15) is 31.2 Å². The van der Waals surface area contributed by atoms with Gasteiger partial charge < -0.3 is 20.4 Å². The summed E-state index contributed by atoms with van der Waals surface area (Å²) >= 11 is 1.50. The number of rotatable bonds is 5. The summed E-state index contributed by atoms with van der Waals surface area (Å²) in [6, 6.07) is 9.49. The maximum atomic E-state index is 12.5. The molecule has 1 aromatic carbocycles. The van der Waals surface area contributed by atoms with Crippen molar-refractivity contribution < 1.29 is 15.0 Å². The zero-order chi connectivity index (χ0) is 23.4. The van der Waals surface area contributed by atoms with Crippen molar-refractivity contribution in [1.29, 1.82) is 0 Å². The zero-order valence-corrected chi connectivity index (χ0v) is 19.7. The predicted molar refractivity (Wildman–Crippen MR) is 129 cm³/mol. The van der Waals surface area contributed by atoms with Crippen molar-refractivity contribution in [2.24, 2.45) is 11.8 Å². The number of hydrogen-bond donors (Lipinski definition) is 3. The second kappa shape index (κ2) is 8.11. The maximum absolute atomic E-state index is 12.5. The van der Waals surface area contributed by atoms with Crippen molar-refractivity contribution in [3.05, 3.63) is 47.5 Å². The van der Waals surface area contributed by atoms with Crippen LogP contribution in [-0.4, -0.2) is 61.7 Å². The molecule has 5 atom stereocenters. The number of carbonyl (C=O) groups excluding carboxylic acids is 1. The van der Waals surface area contributed by atoms with E-state index in [2.05, 4.69) is 15.3 Å². The number of aromatic nitrogens is 3. The zero-order valence-electron chi connectivity index (χ0n) is 18.9. The van der Waals surface area contributed by atoms with Crippen LogP contribution >= 0.6 is 11.3 Å². The summed E-state index contributed by atoms with van der Waals surface area (Å²) in [5.74, 6) is 1.16. The predicted octanol–water partition coefficient (Wildman–Crippen LogP) is 2.89. The van der Waals surface area contributed by atoms with Gasteiger partial charge in [-0.15, -0.1) is 11.3 Å². The van der Waals surface area contributed by atoms with Crippen LogP contribution in [0, 0.1) is 11.8 Å². The van der Waals surface area contributed by atoms with Crippen molar-refractivity contribution in [2.45, 2.75) is 43.4 Å². The average Bonchev–Trinajstić information content (AvgIpc) is 3.62. The summed E-state index contributed by atoms with van der Waals surface area (Å²) in [7, 11) is 1.71. The fraction of sp³-hybridized carbons (Fsp3) is 0.440. The van der Waals surface area contributed by atoms with Crippen molar-refractivity contribution in [3.63, 3.8) is 0 Å². The van der Waals surface area contributed by atoms with Crippen LogP contribution in [0.15, 0.2) is 41.9 Å². The van der Waals surface area contributed by atoms with E-state index in [4.69, 9.17) is 4.98 Å². The highest BCUT2D eigenvalue weighted by molar-refractivity contribution is 7.13. The number of nitrogens with one attached hydrogen (secondary N) is 1. The molecule has 2 aliphatic carbocycles. The molecule has 3 aliphatic rings. The Balaban J connectivity index is 1.23. The monoisotopic (exact) mass is 477 g/mol. The summed E-state index contributed by atoms with van der Waals surface area (Å²) in [4.78, 5) is 27.9. The lowest BCUT2D eigenvalue weighted by atomic mass is 9.91. The number of amides is 1. The molecule has 6 rings (SSSR count). The van der Waals surface area contributed by atoms with Gasteiger partial charge in [0.25, 0.3) is 5.91 Å². The number of nitrogens with zero attached hydrogens (tertiary/aromatic N) is 4. The Morgan fingerprint density at radius 2 is 2.06 bits per heavy atom. The summed E-state index contributed by atoms with van der Waals surface area (Å²) in [5, 5.41) is 27.4. The van der Waals surface area contributed by atoms with E-state index in [1.54, 1.807) is 24.2 Å². The molecule has 8 nitrogen and oxygen atoms in total. The molecule has 0 radical (unpaired) electrons. The molecule has 1 saturated heterocycles. The lowest BCUT2D eigenvalue weighted by Crippen LogP contribution is -2.36. The van der Waals surface area contributed by atoms with Crippen LogP contribution in [0.2, 0.25) is 0 Å². The summed E-state index contributed by atoms with van der Waals surface area (Å²) in [5.41, 5.74) is 1.45. The maximum Gasteiger partial charge on any atom is 0.258 e. The van der Waals surface area contributed by atoms with E-state index in [9.17, 15) is 15.0 Å². The number of likely N-dealkylation sites (tertiary alicyclic amines) is 1. The Morgan fingerprint density at radius 3 is 2.82 bits per heavy atom. The number of hydrogen-bond acceptors (Lipinski definition) is 8. The first-order chi connectivity index (χ1) is 16.4. The largest absolute Gasteiger partial charge is 0.393 e. The van der Waals surface area contributed by atoms with Gasteiger partial charge in [0.15, 0.2) is 5.60 Å². The van der Waals surface area contributed by atoms with Crippen LogP contribution in [-0.2, 0) is 10.4 Å². The highest BCUT2D eigenvalue weighted by Crippen LogP contribution is 2.45. The fourth-order valence-electron chi connectivity index (χ4n) is 5.77. The Kier molecular flexibility index (Phi) is 5.16. The molecule has 2 bridgehead atoms. The third-order valence-electron chi connectivity index (χ3n) is 7.61. The number of carbonyl (C=O) groups is 1. The number of thiazole rings is 1. The van der Waals surface area contributed by atoms with E-state index >= 15 is 0 Å². The Labute approximate surface area is 201 Å². The highest BCUT2D eigenvalue weighted by Gasteiger charge is 2.46. The van der Waals surface area contributed by atoms with E-state index < -0.39 is 5.60 Å². The first-order valence-electron chi connectivity index (χ1n) is 11.7. The van der Waals surface area contributed by atoms with E-state index in [1.807, 2.05) is 29.6 Å². The van der Waals surface area contributed by atoms with Crippen molar-refractivity contribution in [1.82, 2.24) is 19.9 Å². The van der Waals surface area contributed by atoms with Crippen LogP contribution in [0.3, 0.4) is 0 Å². The van der Waals surface area contributed by atoms with Crippen molar-refractivity contribution in [2.75, 3.05) is 18.9 Å². The summed E-state index contributed by atoms with van der Waals surface area (Å²) in [6.07, 6.45) is 4.92. The minimum atomic E-state index is -1.48. The number of anilines is 1. The van der Waals surface area contributed by atoms with E-state index in [0.29, 0.717) is 30.4 Å². The molecule has 3 fully saturated rings. The van der Waals surface area contributed by atoms with E-state index in [-0.39, 0.29) is 24.0 Å². The quantitative estimate of drug-likeness (QED) is 0.518. The van der Waals surface area contributed by atoms with Crippen molar-refractivity contribution in [3.8, 4) is 22.0 Å². The minimum Gasteiger partial charge on any atom is -0.393 e. The van der Waals surface area contributed by atoms with Crippen LogP contribution in [0.4, 0.5) is 5.95 Å². The molecule has 1 amide bonds. The SMILES string of the molecule is CN1CC[C@@](O)(c2cccc(-c3nc(-c4ccnc(NC5CC6CC(O)C5C6)n4)cs3)c2)C1=O. The molecule has 2 aromatic heterocycles. The third-order valence-corrected chi connectivity index (χ3v) is 8.50. The molecule has 1 aliphatic heterocycles. The smallest absolute Gasteiger partial charge is 0.258 e. The van der Waals surface area contributed by atoms with Gasteiger partial charge in [-0.25, -0.2) is 15.0 Å². The van der Waals surface area contributed by atoms with Gasteiger partial charge in [-0.05, 0) is 42.9 Å². The number of likely N-dealkylation sites (N-methyl/N-ethyl adjacent to an activating group) is 1. The molecule has 4 unspecified atom stereocenters. The molecule has 0 spiro atoms. The van der Waals surface area contributed by atoms with Gasteiger partial charge in [-0.3, -0.25) is 4.79 Å². The Hall–Kier alpha value is -2.88.